The number of halogens is 1. The van der Waals surface area contributed by atoms with E-state index in [1.807, 2.05) is 6.92 Å². The Kier molecular flexibility index (Phi) is 4.11. The van der Waals surface area contributed by atoms with Gasteiger partial charge in [0.25, 0.3) is 0 Å². The van der Waals surface area contributed by atoms with E-state index in [4.69, 9.17) is 5.73 Å². The molecule has 1 fully saturated rings. The normalized spacial score (nSPS) is 23.2. The summed E-state index contributed by atoms with van der Waals surface area (Å²) in [5.41, 5.74) is 5.83. The minimum Gasteiger partial charge on any atom is -0.328 e. The number of sulfonamides is 1. The first-order valence-electron chi connectivity index (χ1n) is 5.92. The summed E-state index contributed by atoms with van der Waals surface area (Å²) < 4.78 is 27.2. The van der Waals surface area contributed by atoms with Crippen molar-refractivity contribution < 1.29 is 8.42 Å². The van der Waals surface area contributed by atoms with E-state index < -0.39 is 10.0 Å². The van der Waals surface area contributed by atoms with Crippen LogP contribution in [0.25, 0.3) is 0 Å². The Balaban J connectivity index is 2.20. The lowest BCUT2D eigenvalue weighted by molar-refractivity contribution is 0.429. The largest absolute Gasteiger partial charge is 0.328 e. The lowest BCUT2D eigenvalue weighted by atomic mass is 10.0. The zero-order chi connectivity index (χ0) is 13.3. The van der Waals surface area contributed by atoms with Gasteiger partial charge in [0, 0.05) is 23.6 Å². The van der Waals surface area contributed by atoms with Gasteiger partial charge in [0.15, 0.2) is 0 Å². The third-order valence-electron chi connectivity index (χ3n) is 3.38. The maximum atomic E-state index is 12.4. The van der Waals surface area contributed by atoms with E-state index in [2.05, 4.69) is 15.9 Å². The summed E-state index contributed by atoms with van der Waals surface area (Å²) in [4.78, 5) is 0.344. The molecule has 18 heavy (non-hydrogen) atoms. The maximum absolute atomic E-state index is 12.4. The molecule has 2 N–H and O–H groups in total. The molecule has 2 atom stereocenters. The van der Waals surface area contributed by atoms with Crippen LogP contribution < -0.4 is 5.73 Å². The molecule has 1 heterocycles. The first kappa shape index (κ1) is 14.0. The Morgan fingerprint density at radius 1 is 1.39 bits per heavy atom. The molecule has 1 aliphatic rings. The Bertz CT molecular complexity index is 513. The molecule has 1 aliphatic heterocycles. The average molecular weight is 333 g/mol. The maximum Gasteiger partial charge on any atom is 0.243 e. The predicted octanol–water partition coefficient (Wildman–Crippen LogP) is 1.81. The van der Waals surface area contributed by atoms with Crippen molar-refractivity contribution in [2.24, 2.45) is 11.7 Å². The second kappa shape index (κ2) is 5.28. The minimum absolute atomic E-state index is 0.0371. The highest BCUT2D eigenvalue weighted by molar-refractivity contribution is 9.10. The van der Waals surface area contributed by atoms with Gasteiger partial charge in [-0.3, -0.25) is 0 Å². The fraction of sp³-hybridized carbons (Fsp3) is 0.500. The van der Waals surface area contributed by atoms with Crippen LogP contribution in [0, 0.1) is 5.92 Å². The minimum atomic E-state index is -3.36. The van der Waals surface area contributed by atoms with Crippen molar-refractivity contribution in [3.05, 3.63) is 28.7 Å². The molecule has 0 aromatic heterocycles. The first-order valence-corrected chi connectivity index (χ1v) is 8.16. The molecule has 1 saturated heterocycles. The Morgan fingerprint density at radius 2 is 2.00 bits per heavy atom. The van der Waals surface area contributed by atoms with Crippen LogP contribution >= 0.6 is 15.9 Å². The van der Waals surface area contributed by atoms with Crippen molar-refractivity contribution in [1.82, 2.24) is 4.31 Å². The second-order valence-electron chi connectivity index (χ2n) is 4.72. The summed E-state index contributed by atoms with van der Waals surface area (Å²) in [5, 5.41) is 0. The molecule has 0 radical (unpaired) electrons. The van der Waals surface area contributed by atoms with Gasteiger partial charge in [-0.15, -0.1) is 0 Å². The number of rotatable bonds is 3. The summed E-state index contributed by atoms with van der Waals surface area (Å²) in [6.07, 6.45) is 0.841. The van der Waals surface area contributed by atoms with Crippen LogP contribution in [0.1, 0.15) is 13.3 Å². The third kappa shape index (κ3) is 2.77. The van der Waals surface area contributed by atoms with Crippen molar-refractivity contribution in [3.63, 3.8) is 0 Å². The molecule has 2 rings (SSSR count). The SMILES string of the molecule is CC(N)C1CCN(S(=O)(=O)c2ccc(Br)cc2)C1. The topological polar surface area (TPSA) is 63.4 Å². The molecule has 100 valence electrons. The molecular formula is C12H17BrN2O2S. The molecular weight excluding hydrogens is 316 g/mol. The molecule has 4 nitrogen and oxygen atoms in total. The van der Waals surface area contributed by atoms with Gasteiger partial charge in [-0.05, 0) is 43.5 Å². The lowest BCUT2D eigenvalue weighted by Crippen LogP contribution is -2.33. The third-order valence-corrected chi connectivity index (χ3v) is 5.79. The molecule has 1 aromatic rings. The number of nitrogens with two attached hydrogens (primary N) is 1. The number of nitrogens with zero attached hydrogens (tertiary/aromatic N) is 1. The molecule has 6 heteroatoms. The fourth-order valence-corrected chi connectivity index (χ4v) is 3.93. The monoisotopic (exact) mass is 332 g/mol. The van der Waals surface area contributed by atoms with Crippen LogP contribution in [0.3, 0.4) is 0 Å². The Hall–Kier alpha value is -0.430. The van der Waals surface area contributed by atoms with Gasteiger partial charge in [0.1, 0.15) is 0 Å². The number of benzene rings is 1. The van der Waals surface area contributed by atoms with Gasteiger partial charge in [-0.2, -0.15) is 4.31 Å². The van der Waals surface area contributed by atoms with Crippen molar-refractivity contribution in [2.45, 2.75) is 24.3 Å². The Morgan fingerprint density at radius 3 is 2.50 bits per heavy atom. The molecule has 0 spiro atoms. The van der Waals surface area contributed by atoms with E-state index in [-0.39, 0.29) is 12.0 Å². The van der Waals surface area contributed by atoms with E-state index in [0.717, 1.165) is 10.9 Å². The van der Waals surface area contributed by atoms with Crippen molar-refractivity contribution >= 4 is 26.0 Å². The van der Waals surface area contributed by atoms with E-state index in [1.54, 1.807) is 24.3 Å². The molecule has 2 unspecified atom stereocenters. The van der Waals surface area contributed by atoms with Crippen molar-refractivity contribution in [2.75, 3.05) is 13.1 Å². The average Bonchev–Trinajstić information content (AvgIpc) is 2.79. The zero-order valence-corrected chi connectivity index (χ0v) is 12.6. The zero-order valence-electron chi connectivity index (χ0n) is 10.2. The second-order valence-corrected chi connectivity index (χ2v) is 7.58. The van der Waals surface area contributed by atoms with Crippen LogP contribution in [0.15, 0.2) is 33.6 Å². The van der Waals surface area contributed by atoms with E-state index in [0.29, 0.717) is 18.0 Å². The van der Waals surface area contributed by atoms with Gasteiger partial charge < -0.3 is 5.73 Å². The summed E-state index contributed by atoms with van der Waals surface area (Å²) in [6, 6.07) is 6.77. The summed E-state index contributed by atoms with van der Waals surface area (Å²) in [6.45, 7) is 3.01. The Labute approximate surface area is 116 Å². The quantitative estimate of drug-likeness (QED) is 0.918. The fourth-order valence-electron chi connectivity index (χ4n) is 2.16. The van der Waals surface area contributed by atoms with Gasteiger partial charge in [-0.25, -0.2) is 8.42 Å². The summed E-state index contributed by atoms with van der Waals surface area (Å²) >= 11 is 3.30. The van der Waals surface area contributed by atoms with Crippen molar-refractivity contribution in [1.29, 1.82) is 0 Å². The highest BCUT2D eigenvalue weighted by Crippen LogP contribution is 2.26. The lowest BCUT2D eigenvalue weighted by Gasteiger charge is -2.18. The molecule has 1 aromatic carbocycles. The number of hydrogen-bond donors (Lipinski definition) is 1. The summed E-state index contributed by atoms with van der Waals surface area (Å²) in [7, 11) is -3.36. The smallest absolute Gasteiger partial charge is 0.243 e. The van der Waals surface area contributed by atoms with E-state index in [1.165, 1.54) is 4.31 Å². The highest BCUT2D eigenvalue weighted by Gasteiger charge is 2.33. The van der Waals surface area contributed by atoms with Gasteiger partial charge in [0.2, 0.25) is 10.0 Å². The summed E-state index contributed by atoms with van der Waals surface area (Å²) in [5.74, 6) is 0.259. The number of hydrogen-bond acceptors (Lipinski definition) is 3. The predicted molar refractivity (Wildman–Crippen MR) is 74.7 cm³/mol. The van der Waals surface area contributed by atoms with Crippen LogP contribution in [0.2, 0.25) is 0 Å². The van der Waals surface area contributed by atoms with Crippen LogP contribution in [-0.2, 0) is 10.0 Å². The van der Waals surface area contributed by atoms with E-state index in [9.17, 15) is 8.42 Å². The highest BCUT2D eigenvalue weighted by atomic mass is 79.9. The van der Waals surface area contributed by atoms with Crippen LogP contribution in [-0.4, -0.2) is 31.9 Å². The van der Waals surface area contributed by atoms with Crippen LogP contribution in [0.5, 0.6) is 0 Å². The molecule has 0 aliphatic carbocycles. The molecule has 0 bridgehead atoms. The van der Waals surface area contributed by atoms with E-state index >= 15 is 0 Å². The first-order chi connectivity index (χ1) is 8.41. The van der Waals surface area contributed by atoms with Crippen LogP contribution in [0.4, 0.5) is 0 Å². The molecule has 0 amide bonds. The standard InChI is InChI=1S/C12H17BrN2O2S/c1-9(14)10-6-7-15(8-10)18(16,17)12-4-2-11(13)3-5-12/h2-5,9-10H,6-8,14H2,1H3. The van der Waals surface area contributed by atoms with Gasteiger partial charge in [-0.1, -0.05) is 15.9 Å². The van der Waals surface area contributed by atoms with Gasteiger partial charge >= 0.3 is 0 Å². The molecule has 0 saturated carbocycles. The van der Waals surface area contributed by atoms with Crippen molar-refractivity contribution in [3.8, 4) is 0 Å². The van der Waals surface area contributed by atoms with Gasteiger partial charge in [0.05, 0.1) is 4.90 Å².